The molecule has 5 heteroatoms. The summed E-state index contributed by atoms with van der Waals surface area (Å²) in [5.74, 6) is -0.190. The summed E-state index contributed by atoms with van der Waals surface area (Å²) in [7, 11) is 1.43. The fraction of sp³-hybridized carbons (Fsp3) is 0.588. The van der Waals surface area contributed by atoms with E-state index in [9.17, 15) is 4.79 Å². The van der Waals surface area contributed by atoms with Crippen LogP contribution >= 0.6 is 0 Å². The van der Waals surface area contributed by atoms with Crippen molar-refractivity contribution in [2.45, 2.75) is 31.7 Å². The van der Waals surface area contributed by atoms with Crippen LogP contribution < -0.4 is 16.4 Å². The molecule has 124 valence electrons. The van der Waals surface area contributed by atoms with E-state index in [1.165, 1.54) is 7.11 Å². The van der Waals surface area contributed by atoms with Gasteiger partial charge in [-0.15, -0.1) is 0 Å². The number of hydrogen-bond acceptors (Lipinski definition) is 5. The molecule has 0 aliphatic rings. The van der Waals surface area contributed by atoms with Gasteiger partial charge in [0.2, 0.25) is 0 Å². The number of carbonyl (C=O) groups is 1. The molecule has 0 radical (unpaired) electrons. The van der Waals surface area contributed by atoms with E-state index >= 15 is 0 Å². The Morgan fingerprint density at radius 2 is 1.82 bits per heavy atom. The molecule has 0 saturated heterocycles. The minimum Gasteiger partial charge on any atom is -0.469 e. The van der Waals surface area contributed by atoms with Crippen LogP contribution in [0.2, 0.25) is 0 Å². The van der Waals surface area contributed by atoms with E-state index in [4.69, 9.17) is 10.5 Å². The number of nitrogens with two attached hydrogens (primary N) is 1. The van der Waals surface area contributed by atoms with Gasteiger partial charge in [-0.3, -0.25) is 4.79 Å². The van der Waals surface area contributed by atoms with Gasteiger partial charge in [-0.05, 0) is 51.0 Å². The highest BCUT2D eigenvalue weighted by molar-refractivity contribution is 5.70. The fourth-order valence-electron chi connectivity index (χ4n) is 2.25. The largest absolute Gasteiger partial charge is 0.469 e. The number of esters is 1. The Labute approximate surface area is 133 Å². The zero-order chi connectivity index (χ0) is 16.0. The third kappa shape index (κ3) is 8.12. The Bertz CT molecular complexity index is 398. The topological polar surface area (TPSA) is 76.4 Å². The molecule has 0 fully saturated rings. The van der Waals surface area contributed by atoms with Crippen molar-refractivity contribution in [2.24, 2.45) is 5.73 Å². The van der Waals surface area contributed by atoms with E-state index < -0.39 is 0 Å². The average molecular weight is 307 g/mol. The SMILES string of the molecule is COC(=O)CC(NCCCCNCCCN)c1ccccc1. The van der Waals surface area contributed by atoms with E-state index in [2.05, 4.69) is 10.6 Å². The van der Waals surface area contributed by atoms with Gasteiger partial charge in [0.15, 0.2) is 0 Å². The normalized spacial score (nSPS) is 12.1. The minimum atomic E-state index is -0.190. The first-order valence-electron chi connectivity index (χ1n) is 8.04. The van der Waals surface area contributed by atoms with E-state index in [1.54, 1.807) is 0 Å². The van der Waals surface area contributed by atoms with Crippen LogP contribution in [-0.4, -0.2) is 39.3 Å². The molecule has 4 N–H and O–H groups in total. The van der Waals surface area contributed by atoms with Crippen LogP contribution in [0.4, 0.5) is 0 Å². The molecule has 0 saturated carbocycles. The molecular weight excluding hydrogens is 278 g/mol. The van der Waals surface area contributed by atoms with Gasteiger partial charge in [0.1, 0.15) is 0 Å². The van der Waals surface area contributed by atoms with Crippen LogP contribution in [0.3, 0.4) is 0 Å². The number of benzene rings is 1. The predicted octanol–water partition coefficient (Wildman–Crippen LogP) is 1.60. The number of unbranched alkanes of at least 4 members (excludes halogenated alkanes) is 1. The Balaban J connectivity index is 2.28. The second kappa shape index (κ2) is 12.1. The second-order valence-electron chi connectivity index (χ2n) is 5.30. The molecule has 0 heterocycles. The lowest BCUT2D eigenvalue weighted by molar-refractivity contribution is -0.141. The van der Waals surface area contributed by atoms with Gasteiger partial charge in [0.25, 0.3) is 0 Å². The highest BCUT2D eigenvalue weighted by Gasteiger charge is 2.15. The highest BCUT2D eigenvalue weighted by atomic mass is 16.5. The first kappa shape index (κ1) is 18.6. The van der Waals surface area contributed by atoms with Crippen LogP contribution in [0.25, 0.3) is 0 Å². The monoisotopic (exact) mass is 307 g/mol. The quantitative estimate of drug-likeness (QED) is 0.404. The Morgan fingerprint density at radius 1 is 1.14 bits per heavy atom. The van der Waals surface area contributed by atoms with Crippen molar-refractivity contribution in [3.05, 3.63) is 35.9 Å². The van der Waals surface area contributed by atoms with E-state index in [-0.39, 0.29) is 12.0 Å². The standard InChI is InChI=1S/C17H29N3O2/c1-22-17(21)14-16(15-8-3-2-4-9-15)20-13-6-5-11-19-12-7-10-18/h2-4,8-9,16,19-20H,5-7,10-14,18H2,1H3. The van der Waals surface area contributed by atoms with E-state index in [0.29, 0.717) is 6.42 Å². The van der Waals surface area contributed by atoms with Crippen molar-refractivity contribution in [1.82, 2.24) is 10.6 Å². The van der Waals surface area contributed by atoms with Crippen molar-refractivity contribution in [2.75, 3.05) is 33.3 Å². The molecule has 22 heavy (non-hydrogen) atoms. The average Bonchev–Trinajstić information content (AvgIpc) is 2.56. The Hall–Kier alpha value is -1.43. The molecule has 1 unspecified atom stereocenters. The molecule has 1 aromatic rings. The van der Waals surface area contributed by atoms with Gasteiger partial charge in [-0.1, -0.05) is 30.3 Å². The molecule has 0 aromatic heterocycles. The summed E-state index contributed by atoms with van der Waals surface area (Å²) in [6, 6.07) is 10.0. The summed E-state index contributed by atoms with van der Waals surface area (Å²) in [6.07, 6.45) is 3.56. The van der Waals surface area contributed by atoms with Crippen LogP contribution in [0.15, 0.2) is 30.3 Å². The predicted molar refractivity (Wildman–Crippen MR) is 89.6 cm³/mol. The lowest BCUT2D eigenvalue weighted by Crippen LogP contribution is -2.26. The lowest BCUT2D eigenvalue weighted by Gasteiger charge is -2.18. The van der Waals surface area contributed by atoms with Crippen molar-refractivity contribution >= 4 is 5.97 Å². The summed E-state index contributed by atoms with van der Waals surface area (Å²) in [5, 5.41) is 6.82. The fourth-order valence-corrected chi connectivity index (χ4v) is 2.25. The number of nitrogens with one attached hydrogen (secondary N) is 2. The molecule has 5 nitrogen and oxygen atoms in total. The molecule has 0 aliphatic carbocycles. The van der Waals surface area contributed by atoms with Crippen LogP contribution in [0.1, 0.15) is 37.3 Å². The molecule has 1 aromatic carbocycles. The van der Waals surface area contributed by atoms with E-state index in [0.717, 1.165) is 51.0 Å². The number of methoxy groups -OCH3 is 1. The van der Waals surface area contributed by atoms with Crippen molar-refractivity contribution in [1.29, 1.82) is 0 Å². The molecule has 0 bridgehead atoms. The van der Waals surface area contributed by atoms with Crippen molar-refractivity contribution in [3.8, 4) is 0 Å². The Kier molecular flexibility index (Phi) is 10.3. The summed E-state index contributed by atoms with van der Waals surface area (Å²) in [4.78, 5) is 11.5. The third-order valence-corrected chi connectivity index (χ3v) is 3.53. The van der Waals surface area contributed by atoms with Gasteiger partial charge in [-0.25, -0.2) is 0 Å². The number of ether oxygens (including phenoxy) is 1. The Morgan fingerprint density at radius 3 is 2.50 bits per heavy atom. The smallest absolute Gasteiger partial charge is 0.307 e. The summed E-state index contributed by atoms with van der Waals surface area (Å²) in [6.45, 7) is 3.61. The molecular formula is C17H29N3O2. The zero-order valence-corrected chi connectivity index (χ0v) is 13.5. The zero-order valence-electron chi connectivity index (χ0n) is 13.5. The van der Waals surface area contributed by atoms with Crippen molar-refractivity contribution in [3.63, 3.8) is 0 Å². The minimum absolute atomic E-state index is 0.0128. The number of rotatable bonds is 12. The molecule has 1 rings (SSSR count). The summed E-state index contributed by atoms with van der Waals surface area (Å²) in [5.41, 5.74) is 6.56. The van der Waals surface area contributed by atoms with E-state index in [1.807, 2.05) is 30.3 Å². The highest BCUT2D eigenvalue weighted by Crippen LogP contribution is 2.17. The molecule has 0 amide bonds. The van der Waals surface area contributed by atoms with Crippen LogP contribution in [0, 0.1) is 0 Å². The maximum atomic E-state index is 11.5. The molecule has 1 atom stereocenters. The van der Waals surface area contributed by atoms with Gasteiger partial charge < -0.3 is 21.1 Å². The van der Waals surface area contributed by atoms with Gasteiger partial charge in [-0.2, -0.15) is 0 Å². The molecule has 0 aliphatic heterocycles. The van der Waals surface area contributed by atoms with Crippen LogP contribution in [0.5, 0.6) is 0 Å². The van der Waals surface area contributed by atoms with Crippen molar-refractivity contribution < 1.29 is 9.53 Å². The third-order valence-electron chi connectivity index (χ3n) is 3.53. The van der Waals surface area contributed by atoms with Gasteiger partial charge in [0, 0.05) is 6.04 Å². The first-order valence-corrected chi connectivity index (χ1v) is 8.04. The van der Waals surface area contributed by atoms with Gasteiger partial charge >= 0.3 is 5.97 Å². The van der Waals surface area contributed by atoms with Crippen LogP contribution in [-0.2, 0) is 9.53 Å². The second-order valence-corrected chi connectivity index (χ2v) is 5.30. The summed E-state index contributed by atoms with van der Waals surface area (Å²) >= 11 is 0. The first-order chi connectivity index (χ1) is 10.8. The maximum Gasteiger partial charge on any atom is 0.307 e. The lowest BCUT2D eigenvalue weighted by atomic mass is 10.0. The maximum absolute atomic E-state index is 11.5. The van der Waals surface area contributed by atoms with Gasteiger partial charge in [0.05, 0.1) is 13.5 Å². The number of hydrogen-bond donors (Lipinski definition) is 3. The summed E-state index contributed by atoms with van der Waals surface area (Å²) < 4.78 is 4.79. The molecule has 0 spiro atoms. The number of carbonyl (C=O) groups excluding carboxylic acids is 1.